The van der Waals surface area contributed by atoms with E-state index in [4.69, 9.17) is 0 Å². The van der Waals surface area contributed by atoms with Gasteiger partial charge < -0.3 is 0 Å². The second-order valence-electron chi connectivity index (χ2n) is 3.76. The molecule has 1 heterocycles. The highest BCUT2D eigenvalue weighted by atomic mass is 32.2. The van der Waals surface area contributed by atoms with Gasteiger partial charge in [0, 0.05) is 12.8 Å². The molecule has 0 aromatic carbocycles. The Morgan fingerprint density at radius 3 is 2.62 bits per heavy atom. The lowest BCUT2D eigenvalue weighted by atomic mass is 10.00. The molecule has 1 rings (SSSR count). The molecule has 1 aliphatic rings. The van der Waals surface area contributed by atoms with Crippen molar-refractivity contribution >= 4 is 15.6 Å². The maximum absolute atomic E-state index is 11.2. The average Bonchev–Trinajstić information content (AvgIpc) is 2.30. The topological polar surface area (TPSA) is 51.2 Å². The SMILES string of the molecule is CCCC(=O)CC1CCS(=O)(=O)C1. The molecule has 0 N–H and O–H groups in total. The van der Waals surface area contributed by atoms with E-state index >= 15 is 0 Å². The van der Waals surface area contributed by atoms with Gasteiger partial charge in [-0.05, 0) is 18.8 Å². The molecule has 0 aromatic rings. The minimum absolute atomic E-state index is 0.101. The first kappa shape index (κ1) is 10.7. The van der Waals surface area contributed by atoms with E-state index in [-0.39, 0.29) is 23.2 Å². The van der Waals surface area contributed by atoms with E-state index in [1.807, 2.05) is 6.92 Å². The fraction of sp³-hybridized carbons (Fsp3) is 0.889. The third-order valence-electron chi connectivity index (χ3n) is 2.37. The molecule has 76 valence electrons. The number of Topliss-reactive ketones (excluding diaryl/α,β-unsaturated/α-hetero) is 1. The summed E-state index contributed by atoms with van der Waals surface area (Å²) < 4.78 is 22.1. The monoisotopic (exact) mass is 204 g/mol. The smallest absolute Gasteiger partial charge is 0.150 e. The summed E-state index contributed by atoms with van der Waals surface area (Å²) in [6.45, 7) is 1.96. The van der Waals surface area contributed by atoms with E-state index in [1.54, 1.807) is 0 Å². The molecule has 4 heteroatoms. The lowest BCUT2D eigenvalue weighted by Crippen LogP contribution is -2.10. The predicted octanol–water partition coefficient (Wildman–Crippen LogP) is 1.18. The molecule has 0 amide bonds. The van der Waals surface area contributed by atoms with Crippen LogP contribution in [-0.2, 0) is 14.6 Å². The molecule has 1 aliphatic heterocycles. The maximum Gasteiger partial charge on any atom is 0.150 e. The second kappa shape index (κ2) is 4.22. The molecule has 0 bridgehead atoms. The van der Waals surface area contributed by atoms with Gasteiger partial charge in [-0.2, -0.15) is 0 Å². The predicted molar refractivity (Wildman–Crippen MR) is 51.3 cm³/mol. The quantitative estimate of drug-likeness (QED) is 0.691. The van der Waals surface area contributed by atoms with Gasteiger partial charge in [-0.15, -0.1) is 0 Å². The highest BCUT2D eigenvalue weighted by molar-refractivity contribution is 7.91. The average molecular weight is 204 g/mol. The third-order valence-corrected chi connectivity index (χ3v) is 4.21. The van der Waals surface area contributed by atoms with E-state index < -0.39 is 9.84 Å². The number of rotatable bonds is 4. The zero-order chi connectivity index (χ0) is 9.90. The number of carbonyl (C=O) groups excluding carboxylic acids is 1. The number of carbonyl (C=O) groups is 1. The van der Waals surface area contributed by atoms with Crippen LogP contribution in [0.1, 0.15) is 32.6 Å². The molecule has 1 unspecified atom stereocenters. The Morgan fingerprint density at radius 1 is 1.46 bits per heavy atom. The summed E-state index contributed by atoms with van der Waals surface area (Å²) in [6, 6.07) is 0. The van der Waals surface area contributed by atoms with Crippen LogP contribution < -0.4 is 0 Å². The maximum atomic E-state index is 11.2. The lowest BCUT2D eigenvalue weighted by Gasteiger charge is -2.04. The number of hydrogen-bond acceptors (Lipinski definition) is 3. The van der Waals surface area contributed by atoms with Crippen LogP contribution >= 0.6 is 0 Å². The van der Waals surface area contributed by atoms with Crippen LogP contribution in [0.3, 0.4) is 0 Å². The van der Waals surface area contributed by atoms with Gasteiger partial charge in [0.25, 0.3) is 0 Å². The van der Waals surface area contributed by atoms with E-state index in [9.17, 15) is 13.2 Å². The summed E-state index contributed by atoms with van der Waals surface area (Å²) in [7, 11) is -2.81. The minimum atomic E-state index is -2.81. The summed E-state index contributed by atoms with van der Waals surface area (Å²) in [5, 5.41) is 0. The van der Waals surface area contributed by atoms with Crippen LogP contribution in [0.25, 0.3) is 0 Å². The van der Waals surface area contributed by atoms with Crippen molar-refractivity contribution in [1.29, 1.82) is 0 Å². The number of sulfone groups is 1. The van der Waals surface area contributed by atoms with Gasteiger partial charge in [0.1, 0.15) is 5.78 Å². The summed E-state index contributed by atoms with van der Waals surface area (Å²) >= 11 is 0. The van der Waals surface area contributed by atoms with Crippen molar-refractivity contribution in [3.63, 3.8) is 0 Å². The molecule has 1 atom stereocenters. The fourth-order valence-corrected chi connectivity index (χ4v) is 3.60. The molecule has 0 spiro atoms. The Balaban J connectivity index is 2.36. The Bertz CT molecular complexity index is 279. The van der Waals surface area contributed by atoms with E-state index in [1.165, 1.54) is 0 Å². The largest absolute Gasteiger partial charge is 0.300 e. The summed E-state index contributed by atoms with van der Waals surface area (Å²) in [4.78, 5) is 11.2. The van der Waals surface area contributed by atoms with Gasteiger partial charge in [0.15, 0.2) is 9.84 Å². The first-order valence-corrected chi connectivity index (χ1v) is 6.58. The zero-order valence-electron chi connectivity index (χ0n) is 7.95. The first-order chi connectivity index (χ1) is 6.03. The van der Waals surface area contributed by atoms with E-state index in [2.05, 4.69) is 0 Å². The Morgan fingerprint density at radius 2 is 2.15 bits per heavy atom. The molecular weight excluding hydrogens is 188 g/mol. The van der Waals surface area contributed by atoms with Crippen molar-refractivity contribution < 1.29 is 13.2 Å². The molecule has 0 saturated carbocycles. The minimum Gasteiger partial charge on any atom is -0.300 e. The van der Waals surface area contributed by atoms with Crippen LogP contribution in [-0.4, -0.2) is 25.7 Å². The first-order valence-electron chi connectivity index (χ1n) is 4.75. The molecule has 0 aliphatic carbocycles. The summed E-state index contributed by atoms with van der Waals surface area (Å²) in [5.74, 6) is 0.813. The molecule has 1 fully saturated rings. The van der Waals surface area contributed by atoms with E-state index in [0.29, 0.717) is 19.3 Å². The number of hydrogen-bond donors (Lipinski definition) is 0. The molecule has 1 saturated heterocycles. The third kappa shape index (κ3) is 3.46. The molecular formula is C9H16O3S. The van der Waals surface area contributed by atoms with Crippen molar-refractivity contribution in [2.75, 3.05) is 11.5 Å². The van der Waals surface area contributed by atoms with Gasteiger partial charge in [-0.3, -0.25) is 4.79 Å². The van der Waals surface area contributed by atoms with Crippen LogP contribution in [0.5, 0.6) is 0 Å². The van der Waals surface area contributed by atoms with Crippen LogP contribution in [0, 0.1) is 5.92 Å². The molecule has 3 nitrogen and oxygen atoms in total. The number of ketones is 1. The van der Waals surface area contributed by atoms with Gasteiger partial charge in [-0.1, -0.05) is 6.92 Å². The van der Waals surface area contributed by atoms with Crippen molar-refractivity contribution in [1.82, 2.24) is 0 Å². The van der Waals surface area contributed by atoms with Crippen molar-refractivity contribution in [3.05, 3.63) is 0 Å². The van der Waals surface area contributed by atoms with Gasteiger partial charge >= 0.3 is 0 Å². The van der Waals surface area contributed by atoms with Gasteiger partial charge in [-0.25, -0.2) is 8.42 Å². The van der Waals surface area contributed by atoms with Crippen LogP contribution in [0.2, 0.25) is 0 Å². The van der Waals surface area contributed by atoms with Crippen LogP contribution in [0.15, 0.2) is 0 Å². The highest BCUT2D eigenvalue weighted by Gasteiger charge is 2.28. The summed E-state index contributed by atoms with van der Waals surface area (Å²) in [5.41, 5.74) is 0. The Hall–Kier alpha value is -0.380. The standard InChI is InChI=1S/C9H16O3S/c1-2-3-9(10)6-8-4-5-13(11,12)7-8/h8H,2-7H2,1H3. The Kier molecular flexibility index (Phi) is 3.47. The summed E-state index contributed by atoms with van der Waals surface area (Å²) in [6.07, 6.45) is 2.60. The van der Waals surface area contributed by atoms with Gasteiger partial charge in [0.05, 0.1) is 11.5 Å². The van der Waals surface area contributed by atoms with Gasteiger partial charge in [0.2, 0.25) is 0 Å². The second-order valence-corrected chi connectivity index (χ2v) is 5.99. The van der Waals surface area contributed by atoms with E-state index in [0.717, 1.165) is 6.42 Å². The fourth-order valence-electron chi connectivity index (χ4n) is 1.74. The van der Waals surface area contributed by atoms with Crippen molar-refractivity contribution in [3.8, 4) is 0 Å². The molecule has 0 radical (unpaired) electrons. The zero-order valence-corrected chi connectivity index (χ0v) is 8.77. The lowest BCUT2D eigenvalue weighted by molar-refractivity contribution is -0.119. The van der Waals surface area contributed by atoms with Crippen LogP contribution in [0.4, 0.5) is 0 Å². The van der Waals surface area contributed by atoms with Crippen molar-refractivity contribution in [2.24, 2.45) is 5.92 Å². The normalized spacial score (nSPS) is 26.1. The molecule has 0 aromatic heterocycles. The Labute approximate surface area is 79.4 Å². The van der Waals surface area contributed by atoms with Crippen molar-refractivity contribution in [2.45, 2.75) is 32.6 Å². The highest BCUT2D eigenvalue weighted by Crippen LogP contribution is 2.22. The molecule has 13 heavy (non-hydrogen) atoms.